The largest absolute Gasteiger partial charge is 0.389 e. The fourth-order valence-corrected chi connectivity index (χ4v) is 3.91. The van der Waals surface area contributed by atoms with Crippen molar-refractivity contribution in [2.75, 3.05) is 19.8 Å². The van der Waals surface area contributed by atoms with Crippen LogP contribution >= 0.6 is 23.8 Å². The van der Waals surface area contributed by atoms with Crippen LogP contribution in [0.2, 0.25) is 5.02 Å². The van der Waals surface area contributed by atoms with E-state index >= 15 is 0 Å². The molecule has 1 aliphatic heterocycles. The summed E-state index contributed by atoms with van der Waals surface area (Å²) >= 11 is 10.9. The highest BCUT2D eigenvalue weighted by Gasteiger charge is 2.21. The van der Waals surface area contributed by atoms with Crippen LogP contribution in [0.3, 0.4) is 0 Å². The van der Waals surface area contributed by atoms with Crippen LogP contribution in [0.15, 0.2) is 23.1 Å². The zero-order valence-electron chi connectivity index (χ0n) is 11.3. The van der Waals surface area contributed by atoms with E-state index in [1.807, 2.05) is 0 Å². The van der Waals surface area contributed by atoms with Crippen molar-refractivity contribution in [3.05, 3.63) is 28.8 Å². The second kappa shape index (κ2) is 7.02. The standard InChI is InChI=1S/C13H17ClN2O3S2/c14-11-7-10(13(15)20)1-2-12(11)21(17,18)16-8-9-3-5-19-6-4-9/h1-2,7,9,16H,3-6,8H2,(H2,15,20). The zero-order chi connectivity index (χ0) is 15.5. The highest BCUT2D eigenvalue weighted by Crippen LogP contribution is 2.23. The van der Waals surface area contributed by atoms with Gasteiger partial charge in [-0.05, 0) is 30.9 Å². The van der Waals surface area contributed by atoms with Crippen molar-refractivity contribution in [2.45, 2.75) is 17.7 Å². The molecule has 0 radical (unpaired) electrons. The van der Waals surface area contributed by atoms with Crippen molar-refractivity contribution in [2.24, 2.45) is 11.7 Å². The van der Waals surface area contributed by atoms with Gasteiger partial charge in [-0.1, -0.05) is 29.9 Å². The second-order valence-electron chi connectivity index (χ2n) is 4.92. The predicted molar refractivity (Wildman–Crippen MR) is 86.1 cm³/mol. The van der Waals surface area contributed by atoms with E-state index in [0.29, 0.717) is 31.2 Å². The van der Waals surface area contributed by atoms with Gasteiger partial charge in [0, 0.05) is 25.3 Å². The van der Waals surface area contributed by atoms with Gasteiger partial charge < -0.3 is 10.5 Å². The Bertz CT molecular complexity index is 628. The van der Waals surface area contributed by atoms with Crippen molar-refractivity contribution in [1.82, 2.24) is 4.72 Å². The minimum absolute atomic E-state index is 0.0382. The maximum Gasteiger partial charge on any atom is 0.242 e. The summed E-state index contributed by atoms with van der Waals surface area (Å²) < 4.78 is 32.4. The summed E-state index contributed by atoms with van der Waals surface area (Å²) in [6, 6.07) is 4.44. The highest BCUT2D eigenvalue weighted by atomic mass is 35.5. The molecule has 1 fully saturated rings. The summed E-state index contributed by atoms with van der Waals surface area (Å²) in [6.07, 6.45) is 1.72. The van der Waals surface area contributed by atoms with Gasteiger partial charge in [0.2, 0.25) is 10.0 Å². The fraction of sp³-hybridized carbons (Fsp3) is 0.462. The van der Waals surface area contributed by atoms with Crippen LogP contribution in [0.4, 0.5) is 0 Å². The molecule has 2 rings (SSSR count). The van der Waals surface area contributed by atoms with Gasteiger partial charge in [-0.2, -0.15) is 0 Å². The maximum absolute atomic E-state index is 12.3. The quantitative estimate of drug-likeness (QED) is 0.791. The number of halogens is 1. The Morgan fingerprint density at radius 1 is 1.43 bits per heavy atom. The van der Waals surface area contributed by atoms with Crippen LogP contribution in [0.25, 0.3) is 0 Å². The number of rotatable bonds is 5. The average Bonchev–Trinajstić information content (AvgIpc) is 2.46. The van der Waals surface area contributed by atoms with Crippen LogP contribution in [0, 0.1) is 5.92 Å². The third kappa shape index (κ3) is 4.37. The number of benzene rings is 1. The molecule has 0 spiro atoms. The molecule has 1 aliphatic rings. The lowest BCUT2D eigenvalue weighted by Gasteiger charge is -2.22. The van der Waals surface area contributed by atoms with Gasteiger partial charge in [0.15, 0.2) is 0 Å². The van der Waals surface area contributed by atoms with Gasteiger partial charge in [0.1, 0.15) is 9.88 Å². The lowest BCUT2D eigenvalue weighted by Crippen LogP contribution is -2.32. The molecule has 0 saturated carbocycles. The molecule has 0 atom stereocenters. The Labute approximate surface area is 134 Å². The molecule has 0 aromatic heterocycles. The zero-order valence-corrected chi connectivity index (χ0v) is 13.7. The van der Waals surface area contributed by atoms with E-state index in [1.165, 1.54) is 12.1 Å². The highest BCUT2D eigenvalue weighted by molar-refractivity contribution is 7.89. The minimum Gasteiger partial charge on any atom is -0.389 e. The molecule has 1 aromatic rings. The van der Waals surface area contributed by atoms with Gasteiger partial charge in [0.05, 0.1) is 5.02 Å². The third-order valence-corrected chi connectivity index (χ3v) is 5.55. The minimum atomic E-state index is -3.64. The first-order chi connectivity index (χ1) is 9.90. The SMILES string of the molecule is NC(=S)c1ccc(S(=O)(=O)NCC2CCOCC2)c(Cl)c1. The monoisotopic (exact) mass is 348 g/mol. The molecule has 116 valence electrons. The molecule has 1 saturated heterocycles. The first-order valence-corrected chi connectivity index (χ1v) is 8.84. The Morgan fingerprint density at radius 2 is 2.10 bits per heavy atom. The summed E-state index contributed by atoms with van der Waals surface area (Å²) in [7, 11) is -3.64. The van der Waals surface area contributed by atoms with E-state index in [0.717, 1.165) is 12.8 Å². The van der Waals surface area contributed by atoms with Crippen molar-refractivity contribution in [3.63, 3.8) is 0 Å². The Kier molecular flexibility index (Phi) is 5.56. The van der Waals surface area contributed by atoms with Gasteiger partial charge in [-0.25, -0.2) is 13.1 Å². The van der Waals surface area contributed by atoms with Gasteiger partial charge in [-0.15, -0.1) is 0 Å². The number of nitrogens with two attached hydrogens (primary N) is 1. The molecule has 0 bridgehead atoms. The van der Waals surface area contributed by atoms with Gasteiger partial charge >= 0.3 is 0 Å². The second-order valence-corrected chi connectivity index (χ2v) is 7.50. The van der Waals surface area contributed by atoms with Gasteiger partial charge in [-0.3, -0.25) is 0 Å². The van der Waals surface area contributed by atoms with Crippen molar-refractivity contribution in [1.29, 1.82) is 0 Å². The molecule has 0 aliphatic carbocycles. The van der Waals surface area contributed by atoms with Crippen LogP contribution in [-0.2, 0) is 14.8 Å². The number of sulfonamides is 1. The smallest absolute Gasteiger partial charge is 0.242 e. The van der Waals surface area contributed by atoms with E-state index < -0.39 is 10.0 Å². The normalized spacial score (nSPS) is 16.8. The van der Waals surface area contributed by atoms with Gasteiger partial charge in [0.25, 0.3) is 0 Å². The molecule has 1 aromatic carbocycles. The number of hydrogen-bond donors (Lipinski definition) is 2. The lowest BCUT2D eigenvalue weighted by atomic mass is 10.0. The molecule has 0 unspecified atom stereocenters. The fourth-order valence-electron chi connectivity index (χ4n) is 2.13. The Hall–Kier alpha value is -0.730. The average molecular weight is 349 g/mol. The third-order valence-electron chi connectivity index (χ3n) is 3.41. The summed E-state index contributed by atoms with van der Waals surface area (Å²) in [5.74, 6) is 0.295. The molecule has 3 N–H and O–H groups in total. The molecule has 5 nitrogen and oxygen atoms in total. The van der Waals surface area contributed by atoms with E-state index in [4.69, 9.17) is 34.3 Å². The summed E-state index contributed by atoms with van der Waals surface area (Å²) in [5, 5.41) is 0.111. The van der Waals surface area contributed by atoms with E-state index in [1.54, 1.807) is 6.07 Å². The van der Waals surface area contributed by atoms with Crippen molar-refractivity contribution in [3.8, 4) is 0 Å². The molecule has 1 heterocycles. The summed E-state index contributed by atoms with van der Waals surface area (Å²) in [6.45, 7) is 1.74. The molecular weight excluding hydrogens is 332 g/mol. The first kappa shape index (κ1) is 16.6. The summed E-state index contributed by atoms with van der Waals surface area (Å²) in [5.41, 5.74) is 6.03. The van der Waals surface area contributed by atoms with E-state index in [-0.39, 0.29) is 14.9 Å². The van der Waals surface area contributed by atoms with Crippen LogP contribution in [-0.4, -0.2) is 33.2 Å². The number of hydrogen-bond acceptors (Lipinski definition) is 4. The van der Waals surface area contributed by atoms with E-state index in [9.17, 15) is 8.42 Å². The topological polar surface area (TPSA) is 81.4 Å². The maximum atomic E-state index is 12.3. The Balaban J connectivity index is 2.10. The van der Waals surface area contributed by atoms with E-state index in [2.05, 4.69) is 4.72 Å². The molecule has 0 amide bonds. The number of nitrogens with one attached hydrogen (secondary N) is 1. The van der Waals surface area contributed by atoms with Crippen molar-refractivity contribution >= 4 is 38.8 Å². The molecule has 21 heavy (non-hydrogen) atoms. The molecular formula is C13H17ClN2O3S2. The number of ether oxygens (including phenoxy) is 1. The van der Waals surface area contributed by atoms with Crippen LogP contribution in [0.5, 0.6) is 0 Å². The lowest BCUT2D eigenvalue weighted by molar-refractivity contribution is 0.0678. The Morgan fingerprint density at radius 3 is 2.67 bits per heavy atom. The molecule has 8 heteroatoms. The first-order valence-electron chi connectivity index (χ1n) is 6.57. The summed E-state index contributed by atoms with van der Waals surface area (Å²) in [4.78, 5) is 0.215. The van der Waals surface area contributed by atoms with Crippen LogP contribution in [0.1, 0.15) is 18.4 Å². The van der Waals surface area contributed by atoms with Crippen LogP contribution < -0.4 is 10.5 Å². The van der Waals surface area contributed by atoms with Crippen molar-refractivity contribution < 1.29 is 13.2 Å². The predicted octanol–water partition coefficient (Wildman–Crippen LogP) is 1.68. The number of thiocarbonyl (C=S) groups is 1.